The van der Waals surface area contributed by atoms with Crippen LogP contribution in [0.1, 0.15) is 5.69 Å². The Labute approximate surface area is 106 Å². The SMILES string of the molecule is Cc1nccnc1-c1cn2cccc(Br)c2n1. The quantitative estimate of drug-likeness (QED) is 0.692. The van der Waals surface area contributed by atoms with Gasteiger partial charge in [0.2, 0.25) is 0 Å². The minimum absolute atomic E-state index is 0.822. The van der Waals surface area contributed by atoms with E-state index in [0.29, 0.717) is 0 Å². The van der Waals surface area contributed by atoms with Crippen LogP contribution in [0.2, 0.25) is 0 Å². The zero-order valence-electron chi connectivity index (χ0n) is 9.13. The second-order valence-electron chi connectivity index (χ2n) is 3.70. The van der Waals surface area contributed by atoms with Crippen LogP contribution in [0.3, 0.4) is 0 Å². The fourth-order valence-corrected chi connectivity index (χ4v) is 2.20. The van der Waals surface area contributed by atoms with Gasteiger partial charge in [0.05, 0.1) is 10.2 Å². The van der Waals surface area contributed by atoms with Gasteiger partial charge in [0.1, 0.15) is 11.4 Å². The van der Waals surface area contributed by atoms with Crippen LogP contribution in [0.5, 0.6) is 0 Å². The Bertz CT molecular complexity index is 690. The Hall–Kier alpha value is -1.75. The van der Waals surface area contributed by atoms with E-state index < -0.39 is 0 Å². The molecule has 0 unspecified atom stereocenters. The zero-order valence-corrected chi connectivity index (χ0v) is 10.7. The van der Waals surface area contributed by atoms with Crippen LogP contribution < -0.4 is 0 Å². The van der Waals surface area contributed by atoms with Gasteiger partial charge >= 0.3 is 0 Å². The van der Waals surface area contributed by atoms with Gasteiger partial charge in [0.15, 0.2) is 5.65 Å². The fourth-order valence-electron chi connectivity index (χ4n) is 1.75. The zero-order chi connectivity index (χ0) is 11.8. The van der Waals surface area contributed by atoms with E-state index in [2.05, 4.69) is 30.9 Å². The first-order valence-corrected chi connectivity index (χ1v) is 5.96. The summed E-state index contributed by atoms with van der Waals surface area (Å²) in [5.41, 5.74) is 3.42. The lowest BCUT2D eigenvalue weighted by atomic mass is 10.2. The van der Waals surface area contributed by atoms with Gasteiger partial charge in [-0.1, -0.05) is 0 Å². The molecule has 0 atom stereocenters. The average Bonchev–Trinajstić information content (AvgIpc) is 2.75. The van der Waals surface area contributed by atoms with Crippen molar-refractivity contribution in [3.63, 3.8) is 0 Å². The third-order valence-electron chi connectivity index (χ3n) is 2.56. The number of nitrogens with zero attached hydrogens (tertiary/aromatic N) is 4. The van der Waals surface area contributed by atoms with Gasteiger partial charge in [-0.2, -0.15) is 0 Å². The van der Waals surface area contributed by atoms with E-state index in [1.165, 1.54) is 0 Å². The van der Waals surface area contributed by atoms with Crippen LogP contribution in [-0.4, -0.2) is 19.4 Å². The van der Waals surface area contributed by atoms with Crippen molar-refractivity contribution >= 4 is 21.6 Å². The second kappa shape index (κ2) is 3.92. The molecule has 3 aromatic heterocycles. The molecule has 3 rings (SSSR count). The lowest BCUT2D eigenvalue weighted by Gasteiger charge is -1.97. The molecular formula is C12H9BrN4. The molecule has 0 aromatic carbocycles. The largest absolute Gasteiger partial charge is 0.305 e. The average molecular weight is 289 g/mol. The third-order valence-corrected chi connectivity index (χ3v) is 3.18. The maximum Gasteiger partial charge on any atom is 0.151 e. The first kappa shape index (κ1) is 10.4. The van der Waals surface area contributed by atoms with Gasteiger partial charge in [0.25, 0.3) is 0 Å². The van der Waals surface area contributed by atoms with Crippen LogP contribution in [0.25, 0.3) is 17.0 Å². The molecule has 0 amide bonds. The maximum atomic E-state index is 4.56. The topological polar surface area (TPSA) is 43.1 Å². The lowest BCUT2D eigenvalue weighted by molar-refractivity contribution is 1.11. The highest BCUT2D eigenvalue weighted by Gasteiger charge is 2.09. The Morgan fingerprint density at radius 2 is 2.06 bits per heavy atom. The molecule has 0 saturated carbocycles. The van der Waals surface area contributed by atoms with E-state index in [0.717, 1.165) is 27.2 Å². The molecule has 0 spiro atoms. The Morgan fingerprint density at radius 3 is 2.82 bits per heavy atom. The highest BCUT2D eigenvalue weighted by Crippen LogP contribution is 2.22. The van der Waals surface area contributed by atoms with Crippen molar-refractivity contribution in [3.8, 4) is 11.4 Å². The van der Waals surface area contributed by atoms with Crippen molar-refractivity contribution in [3.05, 3.63) is 47.1 Å². The molecule has 0 radical (unpaired) electrons. The molecule has 0 aliphatic carbocycles. The van der Waals surface area contributed by atoms with E-state index in [4.69, 9.17) is 0 Å². The molecular weight excluding hydrogens is 280 g/mol. The molecule has 3 heterocycles. The summed E-state index contributed by atoms with van der Waals surface area (Å²) >= 11 is 3.48. The first-order chi connectivity index (χ1) is 8.25. The number of pyridine rings is 1. The summed E-state index contributed by atoms with van der Waals surface area (Å²) in [6.07, 6.45) is 7.28. The van der Waals surface area contributed by atoms with Gasteiger partial charge in [0, 0.05) is 24.8 Å². The minimum atomic E-state index is 0.822. The summed E-state index contributed by atoms with van der Waals surface area (Å²) in [5.74, 6) is 0. The Balaban J connectivity index is 2.26. The molecule has 3 aromatic rings. The maximum absolute atomic E-state index is 4.56. The Morgan fingerprint density at radius 1 is 1.24 bits per heavy atom. The van der Waals surface area contributed by atoms with Crippen molar-refractivity contribution in [1.82, 2.24) is 19.4 Å². The van der Waals surface area contributed by atoms with Gasteiger partial charge in [-0.05, 0) is 35.0 Å². The van der Waals surface area contributed by atoms with Crippen molar-refractivity contribution in [2.24, 2.45) is 0 Å². The first-order valence-electron chi connectivity index (χ1n) is 5.17. The van der Waals surface area contributed by atoms with Gasteiger partial charge in [-0.3, -0.25) is 9.97 Å². The molecule has 0 aliphatic rings. The van der Waals surface area contributed by atoms with Gasteiger partial charge in [-0.25, -0.2) is 4.98 Å². The summed E-state index contributed by atoms with van der Waals surface area (Å²) in [5, 5.41) is 0. The predicted octanol–water partition coefficient (Wildman–Crippen LogP) is 2.86. The van der Waals surface area contributed by atoms with Crippen LogP contribution in [-0.2, 0) is 0 Å². The van der Waals surface area contributed by atoms with Crippen molar-refractivity contribution in [2.75, 3.05) is 0 Å². The highest BCUT2D eigenvalue weighted by molar-refractivity contribution is 9.10. The number of fused-ring (bicyclic) bond motifs is 1. The standard InChI is InChI=1S/C12H9BrN4/c1-8-11(15-5-4-14-8)10-7-17-6-2-3-9(13)12(17)16-10/h2-7H,1H3. The highest BCUT2D eigenvalue weighted by atomic mass is 79.9. The molecule has 0 aliphatic heterocycles. The second-order valence-corrected chi connectivity index (χ2v) is 4.56. The van der Waals surface area contributed by atoms with Gasteiger partial charge in [-0.15, -0.1) is 0 Å². The summed E-state index contributed by atoms with van der Waals surface area (Å²) in [6.45, 7) is 1.93. The summed E-state index contributed by atoms with van der Waals surface area (Å²) in [7, 11) is 0. The summed E-state index contributed by atoms with van der Waals surface area (Å²) < 4.78 is 2.93. The number of hydrogen-bond donors (Lipinski definition) is 0. The van der Waals surface area contributed by atoms with E-state index >= 15 is 0 Å². The number of rotatable bonds is 1. The van der Waals surface area contributed by atoms with Crippen molar-refractivity contribution in [2.45, 2.75) is 6.92 Å². The lowest BCUT2D eigenvalue weighted by Crippen LogP contribution is -1.90. The number of hydrogen-bond acceptors (Lipinski definition) is 3. The number of imidazole rings is 1. The van der Waals surface area contributed by atoms with Crippen LogP contribution in [0, 0.1) is 6.92 Å². The third kappa shape index (κ3) is 1.72. The minimum Gasteiger partial charge on any atom is -0.305 e. The van der Waals surface area contributed by atoms with Crippen LogP contribution in [0.4, 0.5) is 0 Å². The normalized spacial score (nSPS) is 10.9. The molecule has 84 valence electrons. The van der Waals surface area contributed by atoms with Gasteiger partial charge < -0.3 is 4.40 Å². The van der Waals surface area contributed by atoms with Crippen molar-refractivity contribution < 1.29 is 0 Å². The van der Waals surface area contributed by atoms with E-state index in [9.17, 15) is 0 Å². The van der Waals surface area contributed by atoms with E-state index in [1.807, 2.05) is 35.9 Å². The molecule has 4 nitrogen and oxygen atoms in total. The molecule has 5 heteroatoms. The summed E-state index contributed by atoms with van der Waals surface area (Å²) in [6, 6.07) is 3.93. The smallest absolute Gasteiger partial charge is 0.151 e. The predicted molar refractivity (Wildman–Crippen MR) is 68.7 cm³/mol. The number of aryl methyl sites for hydroxylation is 1. The molecule has 0 saturated heterocycles. The van der Waals surface area contributed by atoms with E-state index in [-0.39, 0.29) is 0 Å². The fraction of sp³-hybridized carbons (Fsp3) is 0.0833. The molecule has 0 bridgehead atoms. The number of aromatic nitrogens is 4. The van der Waals surface area contributed by atoms with Crippen LogP contribution in [0.15, 0.2) is 41.4 Å². The molecule has 0 N–H and O–H groups in total. The molecule has 0 fully saturated rings. The molecule has 17 heavy (non-hydrogen) atoms. The Kier molecular flexibility index (Phi) is 2.40. The van der Waals surface area contributed by atoms with E-state index in [1.54, 1.807) is 12.4 Å². The monoisotopic (exact) mass is 288 g/mol. The van der Waals surface area contributed by atoms with Crippen molar-refractivity contribution in [1.29, 1.82) is 0 Å². The number of halogens is 1. The van der Waals surface area contributed by atoms with Crippen LogP contribution >= 0.6 is 15.9 Å². The summed E-state index contributed by atoms with van der Waals surface area (Å²) in [4.78, 5) is 13.1.